The highest BCUT2D eigenvalue weighted by Gasteiger charge is 2.31. The minimum absolute atomic E-state index is 0.0384. The Hall–Kier alpha value is -4.07. The van der Waals surface area contributed by atoms with Crippen molar-refractivity contribution in [3.63, 3.8) is 0 Å². The van der Waals surface area contributed by atoms with Gasteiger partial charge in [0, 0.05) is 31.2 Å². The molecule has 0 unspecified atom stereocenters. The van der Waals surface area contributed by atoms with Gasteiger partial charge in [-0.1, -0.05) is 27.7 Å². The summed E-state index contributed by atoms with van der Waals surface area (Å²) in [4.78, 5) is 67.5. The molecule has 4 rings (SSSR count). The van der Waals surface area contributed by atoms with Crippen LogP contribution in [0.1, 0.15) is 94.8 Å². The summed E-state index contributed by atoms with van der Waals surface area (Å²) in [6.45, 7) is 10.8. The Morgan fingerprint density at radius 3 is 2.39 bits per heavy atom. The Balaban J connectivity index is 1.73. The third-order valence-electron chi connectivity index (χ3n) is 6.67. The van der Waals surface area contributed by atoms with Gasteiger partial charge < -0.3 is 29.8 Å². The molecule has 4 bridgehead atoms. The zero-order valence-electron chi connectivity index (χ0n) is 24.2. The zero-order chi connectivity index (χ0) is 30.0. The van der Waals surface area contributed by atoms with Crippen molar-refractivity contribution < 1.29 is 23.6 Å². The van der Waals surface area contributed by atoms with Gasteiger partial charge in [0.05, 0.1) is 18.9 Å². The van der Waals surface area contributed by atoms with E-state index in [1.807, 2.05) is 27.7 Å². The average Bonchev–Trinajstić information content (AvgIpc) is 3.64. The van der Waals surface area contributed by atoms with Crippen molar-refractivity contribution in [2.45, 2.75) is 59.7 Å². The number of aromatic nitrogens is 4. The molecule has 3 atom stereocenters. The summed E-state index contributed by atoms with van der Waals surface area (Å²) >= 11 is 1.27. The Morgan fingerprint density at radius 2 is 1.76 bits per heavy atom. The molecule has 4 amide bonds. The van der Waals surface area contributed by atoms with E-state index in [4.69, 9.17) is 4.42 Å². The summed E-state index contributed by atoms with van der Waals surface area (Å²) in [5.74, 6) is -1.46. The van der Waals surface area contributed by atoms with Crippen LogP contribution in [0.3, 0.4) is 0 Å². The van der Waals surface area contributed by atoms with Crippen LogP contribution in [-0.2, 0) is 11.8 Å². The van der Waals surface area contributed by atoms with Gasteiger partial charge in [0.1, 0.15) is 28.2 Å². The lowest BCUT2D eigenvalue weighted by atomic mass is 10.0. The highest BCUT2D eigenvalue weighted by atomic mass is 32.1. The normalized spacial score (nSPS) is 20.9. The standard InChI is InChI=1S/C27H36N8O5S/c1-13(2)20-25-33-22(16(6)40-25)24(38)29-15(5)8-35(27(39)17-9-34(7)12-28-17)10-19(36)31-21(14(3)4)26-30-18(11-41-26)23(37)32-20/h9,11-15,20-21H,8,10H2,1-7H3,(H,29,38)(H,31,36)(H,32,37)/t15-,20-,21+/m1/s1. The number of carbonyl (C=O) groups is 4. The van der Waals surface area contributed by atoms with Crippen molar-refractivity contribution in [3.8, 4) is 0 Å². The molecule has 3 aromatic heterocycles. The number of amides is 4. The molecule has 0 aliphatic carbocycles. The number of nitrogens with one attached hydrogen (secondary N) is 3. The zero-order valence-corrected chi connectivity index (χ0v) is 25.0. The fraction of sp³-hybridized carbons (Fsp3) is 0.519. The molecule has 0 fully saturated rings. The van der Waals surface area contributed by atoms with Crippen LogP contribution in [0.5, 0.6) is 0 Å². The minimum atomic E-state index is -0.615. The van der Waals surface area contributed by atoms with Gasteiger partial charge in [-0.15, -0.1) is 11.3 Å². The van der Waals surface area contributed by atoms with Crippen molar-refractivity contribution in [2.75, 3.05) is 13.1 Å². The quantitative estimate of drug-likeness (QED) is 0.422. The fourth-order valence-electron chi connectivity index (χ4n) is 4.50. The monoisotopic (exact) mass is 584 g/mol. The Bertz CT molecular complexity index is 1440. The van der Waals surface area contributed by atoms with Gasteiger partial charge in [-0.25, -0.2) is 15.0 Å². The van der Waals surface area contributed by atoms with Gasteiger partial charge in [0.2, 0.25) is 11.8 Å². The number of imidazole rings is 1. The number of carbonyl (C=O) groups excluding carboxylic acids is 4. The molecule has 3 aromatic rings. The van der Waals surface area contributed by atoms with Crippen molar-refractivity contribution in [1.29, 1.82) is 0 Å². The number of fused-ring (bicyclic) bond motifs is 4. The number of aryl methyl sites for hydroxylation is 2. The van der Waals surface area contributed by atoms with Crippen LogP contribution in [-0.4, -0.2) is 67.2 Å². The van der Waals surface area contributed by atoms with Gasteiger partial charge in [-0.2, -0.15) is 0 Å². The van der Waals surface area contributed by atoms with Crippen LogP contribution in [0, 0.1) is 18.8 Å². The van der Waals surface area contributed by atoms with E-state index in [1.165, 1.54) is 22.6 Å². The van der Waals surface area contributed by atoms with Crippen molar-refractivity contribution >= 4 is 35.0 Å². The van der Waals surface area contributed by atoms with Crippen molar-refractivity contribution in [2.24, 2.45) is 18.9 Å². The van der Waals surface area contributed by atoms with E-state index in [0.717, 1.165) is 0 Å². The van der Waals surface area contributed by atoms with Crippen molar-refractivity contribution in [3.05, 3.63) is 51.6 Å². The summed E-state index contributed by atoms with van der Waals surface area (Å²) < 4.78 is 7.48. The van der Waals surface area contributed by atoms with Crippen LogP contribution in [0.2, 0.25) is 0 Å². The Kier molecular flexibility index (Phi) is 8.90. The molecule has 4 heterocycles. The Labute approximate surface area is 242 Å². The van der Waals surface area contributed by atoms with Gasteiger partial charge >= 0.3 is 0 Å². The number of thiazole rings is 1. The van der Waals surface area contributed by atoms with E-state index < -0.39 is 41.8 Å². The minimum Gasteiger partial charge on any atom is -0.443 e. The van der Waals surface area contributed by atoms with Crippen LogP contribution < -0.4 is 16.0 Å². The van der Waals surface area contributed by atoms with Crippen LogP contribution in [0.25, 0.3) is 0 Å². The summed E-state index contributed by atoms with van der Waals surface area (Å²) in [6, 6.07) is -1.66. The Morgan fingerprint density at radius 1 is 1.05 bits per heavy atom. The third-order valence-corrected chi connectivity index (χ3v) is 7.60. The first-order valence-electron chi connectivity index (χ1n) is 13.4. The van der Waals surface area contributed by atoms with E-state index in [0.29, 0.717) is 10.8 Å². The molecule has 0 spiro atoms. The van der Waals surface area contributed by atoms with E-state index in [9.17, 15) is 19.2 Å². The maximum absolute atomic E-state index is 13.4. The van der Waals surface area contributed by atoms with Crippen LogP contribution in [0.4, 0.5) is 0 Å². The van der Waals surface area contributed by atoms with Gasteiger partial charge in [0.15, 0.2) is 5.69 Å². The van der Waals surface area contributed by atoms with E-state index >= 15 is 0 Å². The first-order valence-corrected chi connectivity index (χ1v) is 14.3. The lowest BCUT2D eigenvalue weighted by molar-refractivity contribution is -0.122. The molecule has 0 saturated carbocycles. The van der Waals surface area contributed by atoms with E-state index in [1.54, 1.807) is 37.0 Å². The van der Waals surface area contributed by atoms with Crippen LogP contribution in [0.15, 0.2) is 22.3 Å². The molecule has 1 aliphatic heterocycles. The maximum Gasteiger partial charge on any atom is 0.274 e. The number of nitrogens with zero attached hydrogens (tertiary/aromatic N) is 5. The smallest absolute Gasteiger partial charge is 0.274 e. The van der Waals surface area contributed by atoms with Crippen LogP contribution >= 0.6 is 11.3 Å². The molecule has 220 valence electrons. The topological polar surface area (TPSA) is 164 Å². The van der Waals surface area contributed by atoms with Gasteiger partial charge in [-0.3, -0.25) is 19.2 Å². The molecule has 3 N–H and O–H groups in total. The van der Waals surface area contributed by atoms with Crippen molar-refractivity contribution in [1.82, 2.24) is 40.4 Å². The molecular formula is C27H36N8O5S. The second-order valence-corrected chi connectivity index (χ2v) is 11.9. The molecular weight excluding hydrogens is 548 g/mol. The summed E-state index contributed by atoms with van der Waals surface area (Å²) in [5.41, 5.74) is 0.441. The molecule has 0 radical (unpaired) electrons. The number of oxazole rings is 1. The number of rotatable bonds is 3. The lowest BCUT2D eigenvalue weighted by Crippen LogP contribution is -2.48. The first kappa shape index (κ1) is 29.9. The molecule has 0 saturated heterocycles. The fourth-order valence-corrected chi connectivity index (χ4v) is 5.52. The summed E-state index contributed by atoms with van der Waals surface area (Å²) in [6.07, 6.45) is 3.07. The molecule has 1 aliphatic rings. The second kappa shape index (κ2) is 12.2. The highest BCUT2D eigenvalue weighted by molar-refractivity contribution is 7.09. The number of hydrogen-bond acceptors (Lipinski definition) is 9. The lowest BCUT2D eigenvalue weighted by Gasteiger charge is -2.27. The second-order valence-electron chi connectivity index (χ2n) is 11.0. The molecule has 14 heteroatoms. The predicted octanol–water partition coefficient (Wildman–Crippen LogP) is 2.39. The average molecular weight is 585 g/mol. The maximum atomic E-state index is 13.4. The van der Waals surface area contributed by atoms with Gasteiger partial charge in [0.25, 0.3) is 17.7 Å². The third kappa shape index (κ3) is 6.81. The first-order chi connectivity index (χ1) is 19.3. The molecule has 0 aromatic carbocycles. The highest BCUT2D eigenvalue weighted by Crippen LogP contribution is 2.27. The summed E-state index contributed by atoms with van der Waals surface area (Å²) in [5, 5.41) is 11.0. The molecule has 13 nitrogen and oxygen atoms in total. The van der Waals surface area contributed by atoms with E-state index in [-0.39, 0.29) is 47.9 Å². The van der Waals surface area contributed by atoms with E-state index in [2.05, 4.69) is 30.9 Å². The SMILES string of the molecule is Cc1oc2nc1C(=O)N[C@H](C)CN(C(=O)c1cn(C)cn1)CC(=O)N[C@@H](C(C)C)c1nc(cs1)C(=O)N[C@@H]2C(C)C. The largest absolute Gasteiger partial charge is 0.443 e. The summed E-state index contributed by atoms with van der Waals surface area (Å²) in [7, 11) is 1.74. The molecule has 41 heavy (non-hydrogen) atoms. The van der Waals surface area contributed by atoms with Gasteiger partial charge in [-0.05, 0) is 25.7 Å². The number of hydrogen-bond donors (Lipinski definition) is 3. The predicted molar refractivity (Wildman–Crippen MR) is 150 cm³/mol.